The molecule has 0 aliphatic carbocycles. The Morgan fingerprint density at radius 3 is 2.50 bits per heavy atom. The Morgan fingerprint density at radius 1 is 1.07 bits per heavy atom. The highest BCUT2D eigenvalue weighted by molar-refractivity contribution is 5.94. The third-order valence-corrected chi connectivity index (χ3v) is 4.11. The molecule has 0 fully saturated rings. The molecule has 28 heavy (non-hydrogen) atoms. The molecule has 1 N–H and O–H groups in total. The van der Waals surface area contributed by atoms with Gasteiger partial charge >= 0.3 is 6.18 Å². The number of carbonyl (C=O) groups excluding carboxylic acids is 1. The number of amides is 1. The second-order valence-corrected chi connectivity index (χ2v) is 6.03. The van der Waals surface area contributed by atoms with Crippen LogP contribution in [-0.4, -0.2) is 28.4 Å². The number of fused-ring (bicyclic) bond motifs is 1. The highest BCUT2D eigenvalue weighted by Gasteiger charge is 2.35. The molecule has 4 rings (SSSR count). The molecule has 144 valence electrons. The number of hydrogen-bond acceptors (Lipinski definition) is 4. The van der Waals surface area contributed by atoms with Crippen LogP contribution in [0.2, 0.25) is 0 Å². The van der Waals surface area contributed by atoms with Crippen LogP contribution in [0.15, 0.2) is 60.8 Å². The fraction of sp³-hybridized carbons (Fsp3) is 0.158. The molecular formula is C19H14F3N3O3. The molecule has 0 saturated heterocycles. The first kappa shape index (κ1) is 17.9. The molecule has 0 saturated carbocycles. The number of nitrogens with one attached hydrogen (secondary N) is 1. The van der Waals surface area contributed by atoms with E-state index in [0.29, 0.717) is 17.2 Å². The van der Waals surface area contributed by atoms with Crippen LogP contribution in [0, 0.1) is 0 Å². The fourth-order valence-electron chi connectivity index (χ4n) is 2.78. The fourth-order valence-corrected chi connectivity index (χ4v) is 2.78. The van der Waals surface area contributed by atoms with Gasteiger partial charge in [-0.05, 0) is 42.5 Å². The number of anilines is 1. The smallest absolute Gasteiger partial charge is 0.433 e. The van der Waals surface area contributed by atoms with Crippen LogP contribution in [0.4, 0.5) is 18.9 Å². The van der Waals surface area contributed by atoms with Crippen LogP contribution in [0.5, 0.6) is 11.5 Å². The molecule has 1 unspecified atom stereocenters. The van der Waals surface area contributed by atoms with E-state index >= 15 is 0 Å². The monoisotopic (exact) mass is 389 g/mol. The lowest BCUT2D eigenvalue weighted by atomic mass is 10.2. The van der Waals surface area contributed by atoms with E-state index in [-0.39, 0.29) is 12.3 Å². The second-order valence-electron chi connectivity index (χ2n) is 6.03. The number of benzene rings is 2. The van der Waals surface area contributed by atoms with Crippen molar-refractivity contribution in [3.05, 3.63) is 66.5 Å². The SMILES string of the molecule is O=C(Nc1ccc(-n2nccc2C(F)(F)F)cc1)C1COc2ccccc2O1. The normalized spacial score (nSPS) is 15.9. The minimum absolute atomic E-state index is 0.0587. The molecule has 2 heterocycles. The number of aromatic nitrogens is 2. The minimum atomic E-state index is -4.52. The van der Waals surface area contributed by atoms with E-state index in [1.807, 2.05) is 0 Å². The molecule has 9 heteroatoms. The van der Waals surface area contributed by atoms with Crippen molar-refractivity contribution in [3.8, 4) is 17.2 Å². The Balaban J connectivity index is 1.46. The highest BCUT2D eigenvalue weighted by atomic mass is 19.4. The van der Waals surface area contributed by atoms with Crippen molar-refractivity contribution in [1.29, 1.82) is 0 Å². The highest BCUT2D eigenvalue weighted by Crippen LogP contribution is 2.32. The quantitative estimate of drug-likeness (QED) is 0.742. The van der Waals surface area contributed by atoms with E-state index in [1.165, 1.54) is 24.3 Å². The van der Waals surface area contributed by atoms with Gasteiger partial charge in [-0.25, -0.2) is 4.68 Å². The van der Waals surface area contributed by atoms with Gasteiger partial charge < -0.3 is 14.8 Å². The van der Waals surface area contributed by atoms with Crippen molar-refractivity contribution in [1.82, 2.24) is 9.78 Å². The number of alkyl halides is 3. The predicted octanol–water partition coefficient (Wildman–Crippen LogP) is 3.67. The first-order valence-corrected chi connectivity index (χ1v) is 8.33. The standard InChI is InChI=1S/C19H14F3N3O3/c20-19(21,22)17-9-10-23-25(17)13-7-5-12(6-8-13)24-18(26)16-11-27-14-3-1-2-4-15(14)28-16/h1-10,16H,11H2,(H,24,26). The lowest BCUT2D eigenvalue weighted by Crippen LogP contribution is -2.40. The van der Waals surface area contributed by atoms with Crippen LogP contribution in [0.1, 0.15) is 5.69 Å². The predicted molar refractivity (Wildman–Crippen MR) is 93.5 cm³/mol. The summed E-state index contributed by atoms with van der Waals surface area (Å²) in [5, 5.41) is 6.38. The van der Waals surface area contributed by atoms with Crippen LogP contribution >= 0.6 is 0 Å². The van der Waals surface area contributed by atoms with E-state index < -0.39 is 23.9 Å². The zero-order valence-electron chi connectivity index (χ0n) is 14.3. The van der Waals surface area contributed by atoms with E-state index in [1.54, 1.807) is 24.3 Å². The number of carbonyl (C=O) groups is 1. The maximum absolute atomic E-state index is 13.0. The van der Waals surface area contributed by atoms with Gasteiger partial charge in [0.1, 0.15) is 12.3 Å². The second kappa shape index (κ2) is 6.91. The summed E-state index contributed by atoms with van der Waals surface area (Å²) in [4.78, 5) is 12.4. The lowest BCUT2D eigenvalue weighted by Gasteiger charge is -2.25. The molecule has 2 aromatic carbocycles. The molecule has 0 bridgehead atoms. The summed E-state index contributed by atoms with van der Waals surface area (Å²) in [6, 6.07) is 13.8. The van der Waals surface area contributed by atoms with E-state index in [4.69, 9.17) is 9.47 Å². The molecule has 1 atom stereocenters. The maximum Gasteiger partial charge on any atom is 0.433 e. The van der Waals surface area contributed by atoms with Gasteiger partial charge in [0.2, 0.25) is 6.10 Å². The Bertz CT molecular complexity index is 999. The minimum Gasteiger partial charge on any atom is -0.485 e. The number of ether oxygens (including phenoxy) is 2. The number of hydrogen-bond donors (Lipinski definition) is 1. The summed E-state index contributed by atoms with van der Waals surface area (Å²) >= 11 is 0. The Labute approximate surface area is 157 Å². The topological polar surface area (TPSA) is 65.4 Å². The third kappa shape index (κ3) is 3.51. The summed E-state index contributed by atoms with van der Waals surface area (Å²) in [5.41, 5.74) is -0.242. The molecule has 0 radical (unpaired) electrons. The van der Waals surface area contributed by atoms with Crippen molar-refractivity contribution in [2.75, 3.05) is 11.9 Å². The van der Waals surface area contributed by atoms with Crippen molar-refractivity contribution >= 4 is 11.6 Å². The Hall–Kier alpha value is -3.49. The van der Waals surface area contributed by atoms with Gasteiger partial charge in [0.25, 0.3) is 5.91 Å². The van der Waals surface area contributed by atoms with Crippen LogP contribution in [-0.2, 0) is 11.0 Å². The van der Waals surface area contributed by atoms with Gasteiger partial charge in [0, 0.05) is 5.69 Å². The van der Waals surface area contributed by atoms with Crippen molar-refractivity contribution in [3.63, 3.8) is 0 Å². The molecule has 1 aromatic heterocycles. The number of rotatable bonds is 3. The van der Waals surface area contributed by atoms with Gasteiger partial charge in [-0.15, -0.1) is 0 Å². The Kier molecular flexibility index (Phi) is 4.42. The van der Waals surface area contributed by atoms with Crippen LogP contribution < -0.4 is 14.8 Å². The van der Waals surface area contributed by atoms with E-state index in [9.17, 15) is 18.0 Å². The average molecular weight is 389 g/mol. The zero-order chi connectivity index (χ0) is 19.7. The first-order valence-electron chi connectivity index (χ1n) is 8.33. The maximum atomic E-state index is 13.0. The van der Waals surface area contributed by atoms with Crippen molar-refractivity contribution in [2.45, 2.75) is 12.3 Å². The average Bonchev–Trinajstić information content (AvgIpc) is 3.18. The summed E-state index contributed by atoms with van der Waals surface area (Å²) < 4.78 is 50.9. The molecular weight excluding hydrogens is 375 g/mol. The summed E-state index contributed by atoms with van der Waals surface area (Å²) in [6.07, 6.45) is -4.27. The largest absolute Gasteiger partial charge is 0.485 e. The molecule has 1 amide bonds. The van der Waals surface area contributed by atoms with Gasteiger partial charge in [0.15, 0.2) is 11.5 Å². The number of halogens is 3. The number of nitrogens with zero attached hydrogens (tertiary/aromatic N) is 2. The van der Waals surface area contributed by atoms with E-state index in [2.05, 4.69) is 10.4 Å². The summed E-state index contributed by atoms with van der Waals surface area (Å²) in [6.45, 7) is 0.0587. The van der Waals surface area contributed by atoms with E-state index in [0.717, 1.165) is 16.9 Å². The van der Waals surface area contributed by atoms with Crippen molar-refractivity contribution in [2.24, 2.45) is 0 Å². The van der Waals surface area contributed by atoms with Gasteiger partial charge in [0.05, 0.1) is 11.9 Å². The molecule has 6 nitrogen and oxygen atoms in total. The molecule has 3 aromatic rings. The number of para-hydroxylation sites is 2. The molecule has 0 spiro atoms. The van der Waals surface area contributed by atoms with Crippen molar-refractivity contribution < 1.29 is 27.4 Å². The molecule has 1 aliphatic rings. The Morgan fingerprint density at radius 2 is 1.79 bits per heavy atom. The summed E-state index contributed by atoms with van der Waals surface area (Å²) in [7, 11) is 0. The van der Waals surface area contributed by atoms with Gasteiger partial charge in [-0.3, -0.25) is 4.79 Å². The van der Waals surface area contributed by atoms with Gasteiger partial charge in [-0.2, -0.15) is 18.3 Å². The van der Waals surface area contributed by atoms with Crippen LogP contribution in [0.3, 0.4) is 0 Å². The van der Waals surface area contributed by atoms with Crippen LogP contribution in [0.25, 0.3) is 5.69 Å². The third-order valence-electron chi connectivity index (χ3n) is 4.11. The molecule has 1 aliphatic heterocycles. The zero-order valence-corrected chi connectivity index (χ0v) is 14.3. The first-order chi connectivity index (χ1) is 13.4. The lowest BCUT2D eigenvalue weighted by molar-refractivity contribution is -0.142. The summed E-state index contributed by atoms with van der Waals surface area (Å²) in [5.74, 6) is 0.621. The van der Waals surface area contributed by atoms with Gasteiger partial charge in [-0.1, -0.05) is 12.1 Å².